The van der Waals surface area contributed by atoms with E-state index < -0.39 is 52.3 Å². The van der Waals surface area contributed by atoms with Gasteiger partial charge in [-0.05, 0) is 161 Å². The fraction of sp³-hybridized carbons (Fsp3) is 0.120. The van der Waals surface area contributed by atoms with Crippen molar-refractivity contribution in [1.29, 1.82) is 0 Å². The van der Waals surface area contributed by atoms with Crippen LogP contribution in [0.3, 0.4) is 0 Å². The Kier molecular flexibility index (Phi) is 22.0. The van der Waals surface area contributed by atoms with Gasteiger partial charge in [-0.1, -0.05) is 82.1 Å². The van der Waals surface area contributed by atoms with Gasteiger partial charge < -0.3 is 41.8 Å². The molecule has 118 heavy (non-hydrogen) atoms. The number of nitrogens with two attached hydrogens (primary N) is 1. The molecule has 0 spiro atoms. The minimum atomic E-state index is -0.660. The number of hydrogen-bond donors (Lipinski definition) is 7. The molecule has 5 aliphatic rings. The number of piperidine rings is 1. The number of nitrogens with one attached hydrogen (secondary N) is 6. The van der Waals surface area contributed by atoms with Gasteiger partial charge in [-0.3, -0.25) is 29.9 Å². The van der Waals surface area contributed by atoms with Crippen LogP contribution in [0, 0.1) is 33.4 Å². The summed E-state index contributed by atoms with van der Waals surface area (Å²) in [7, 11) is 3.06. The largest absolute Gasteiger partial charge is 0.493 e. The smallest absolute Gasteiger partial charge is 0.350 e. The number of halogens is 8. The molecule has 8 aromatic heterocycles. The van der Waals surface area contributed by atoms with Crippen molar-refractivity contribution >= 4 is 262 Å². The third-order valence-electron chi connectivity index (χ3n) is 18.6. The highest BCUT2D eigenvalue weighted by atomic mass is 79.9. The van der Waals surface area contributed by atoms with E-state index in [9.17, 15) is 56.4 Å². The number of rotatable bonds is 14. The zero-order valence-corrected chi connectivity index (χ0v) is 67.4. The van der Waals surface area contributed by atoms with E-state index in [4.69, 9.17) is 50.0 Å². The first-order valence-electron chi connectivity index (χ1n) is 34.8. The van der Waals surface area contributed by atoms with Crippen LogP contribution in [0.5, 0.6) is 11.5 Å². The summed E-state index contributed by atoms with van der Waals surface area (Å²) < 4.78 is 64.9. The van der Waals surface area contributed by atoms with E-state index >= 15 is 0 Å². The Morgan fingerprint density at radius 2 is 0.949 bits per heavy atom. The number of nitro groups is 1. The van der Waals surface area contributed by atoms with Crippen LogP contribution in [-0.4, -0.2) is 113 Å². The van der Waals surface area contributed by atoms with Gasteiger partial charge in [0.2, 0.25) is 5.91 Å². The number of methoxy groups -OCH3 is 2. The standard InChI is InChI=1S/C26H22BrFN6O2S.C23H17ClFN5O4S.C13H5ClFN5O3S.C13H7ClFN5OS/c27-18-12-17(8-9-19(18)28)34-23-20-21(32-26(34)36)22(37-25(20)30-14-29-23)24(35)31-16-6-4-15(5-7-16)13-33-10-2-1-3-11-33;1-33-15-6-3-11(7-16(15)34-2)8-17(31)28-22-19-18-20(26-10-27-21(18)35-22)30(23(32)29-19)12-4-5-14(25)13(24)9-12;14-6-3-5(1-2-7(6)15)19-10-8-9(18-13(19)21)12(20(22)23)24-11(8)17-4-16-10;14-6-3-5(1-2-7(6)15)20-11-8-9(19-13(20)21)10(16)22-12(8)18-4-17-11/h4-9,12,14H,1-3,10-11,13H2,(H,31,35)(H,32,36);3-7,9-10H,8H2,1-2H3,(H,28,31)(H,29,32);1-4H,(H,18,21);1-4H,16H2,(H,19,21). The lowest BCUT2D eigenvalue weighted by molar-refractivity contribution is -0.379. The predicted molar refractivity (Wildman–Crippen MR) is 449 cm³/mol. The number of thiophene rings is 4. The predicted octanol–water partition coefficient (Wildman–Crippen LogP) is 19.7. The zero-order valence-electron chi connectivity index (χ0n) is 60.3. The van der Waals surface area contributed by atoms with E-state index in [1.807, 2.05) is 24.3 Å². The highest BCUT2D eigenvalue weighted by Gasteiger charge is 2.39. The number of carbonyl (C=O) groups is 6. The molecule has 19 rings (SSSR count). The number of ether oxygens (including phenoxy) is 2. The molecule has 596 valence electrons. The third kappa shape index (κ3) is 15.3. The third-order valence-corrected chi connectivity index (χ3v) is 24.2. The normalized spacial score (nSPS) is 13.8. The van der Waals surface area contributed by atoms with Crippen molar-refractivity contribution in [3.8, 4) is 11.5 Å². The lowest BCUT2D eigenvalue weighted by Gasteiger charge is -2.27. The van der Waals surface area contributed by atoms with Crippen molar-refractivity contribution in [1.82, 2.24) is 44.8 Å². The molecule has 10 amide bonds. The Morgan fingerprint density at radius 1 is 0.517 bits per heavy atom. The van der Waals surface area contributed by atoms with Gasteiger partial charge in [0.1, 0.15) is 88.5 Å². The lowest BCUT2D eigenvalue weighted by Crippen LogP contribution is -2.35. The van der Waals surface area contributed by atoms with Gasteiger partial charge in [-0.25, -0.2) is 96.2 Å². The molecule has 6 aromatic carbocycles. The highest BCUT2D eigenvalue weighted by Crippen LogP contribution is 2.52. The number of benzene rings is 6. The maximum absolute atomic E-state index is 13.8. The van der Waals surface area contributed by atoms with E-state index in [0.29, 0.717) is 125 Å². The number of anilines is 15. The molecule has 1 saturated heterocycles. The van der Waals surface area contributed by atoms with Gasteiger partial charge in [-0.2, -0.15) is 0 Å². The topological polar surface area (TPSA) is 382 Å². The second kappa shape index (κ2) is 32.8. The molecule has 8 N–H and O–H groups in total. The molecule has 0 bridgehead atoms. The zero-order chi connectivity index (χ0) is 82.6. The lowest BCUT2D eigenvalue weighted by atomic mass is 10.1. The molecule has 0 saturated carbocycles. The minimum absolute atomic E-state index is 0.0602. The molecular formula is C75H51BrCl3F4N21O10S4. The molecule has 31 nitrogen and oxygen atoms in total. The number of hydrogen-bond acceptors (Lipinski definition) is 24. The van der Waals surface area contributed by atoms with Gasteiger partial charge in [-0.15, -0.1) is 11.3 Å². The summed E-state index contributed by atoms with van der Waals surface area (Å²) in [5, 5.41) is 30.2. The van der Waals surface area contributed by atoms with Crippen molar-refractivity contribution in [3.63, 3.8) is 0 Å². The van der Waals surface area contributed by atoms with Crippen molar-refractivity contribution in [2.24, 2.45) is 0 Å². The Labute approximate surface area is 700 Å². The van der Waals surface area contributed by atoms with Crippen molar-refractivity contribution in [2.45, 2.75) is 32.2 Å². The van der Waals surface area contributed by atoms with Crippen LogP contribution in [0.15, 0.2) is 145 Å². The van der Waals surface area contributed by atoms with Crippen LogP contribution >= 0.6 is 96.1 Å². The summed E-state index contributed by atoms with van der Waals surface area (Å²) in [6, 6.07) is 26.9. The average molecular weight is 1800 g/mol. The van der Waals surface area contributed by atoms with E-state index in [1.165, 1.54) is 185 Å². The Morgan fingerprint density at radius 3 is 1.45 bits per heavy atom. The first-order chi connectivity index (χ1) is 56.9. The molecule has 0 aliphatic carbocycles. The van der Waals surface area contributed by atoms with Crippen molar-refractivity contribution in [2.75, 3.05) is 84.5 Å². The van der Waals surface area contributed by atoms with Crippen LogP contribution in [0.25, 0.3) is 40.9 Å². The maximum Gasteiger partial charge on any atom is 0.350 e. The van der Waals surface area contributed by atoms with Gasteiger partial charge >= 0.3 is 29.1 Å². The Hall–Kier alpha value is -12.7. The second-order valence-electron chi connectivity index (χ2n) is 25.9. The summed E-state index contributed by atoms with van der Waals surface area (Å²) in [6.45, 7) is 3.16. The summed E-state index contributed by atoms with van der Waals surface area (Å²) >= 11 is 25.2. The molecule has 1 fully saturated rings. The van der Waals surface area contributed by atoms with Crippen molar-refractivity contribution < 1.29 is 60.7 Å². The minimum Gasteiger partial charge on any atom is -0.493 e. The maximum atomic E-state index is 13.8. The van der Waals surface area contributed by atoms with E-state index in [-0.39, 0.29) is 60.0 Å². The number of urea groups is 4. The first-order valence-corrected chi connectivity index (χ1v) is 40.0. The van der Waals surface area contributed by atoms with Crippen LogP contribution in [-0.2, 0) is 17.8 Å². The number of amides is 10. The van der Waals surface area contributed by atoms with Crippen LogP contribution in [0.4, 0.5) is 126 Å². The summed E-state index contributed by atoms with van der Waals surface area (Å²) in [6.07, 6.45) is 9.10. The van der Waals surface area contributed by atoms with Crippen LogP contribution < -0.4 is 66.7 Å². The molecule has 0 radical (unpaired) electrons. The summed E-state index contributed by atoms with van der Waals surface area (Å²) in [4.78, 5) is 131. The SMILES string of the molecule is COc1ccc(CC(=O)Nc2sc3ncnc4c3c2NC(=O)N4c2ccc(F)c(Cl)c2)cc1OC.Nc1sc2ncnc3c2c1NC(=O)N3c1ccc(F)c(Cl)c1.O=C(Nc1ccc(CN2CCCCC2)cc1)c1sc2ncnc3c2c1NC(=O)N3c1ccc(F)c(Br)c1.O=C1Nc2c([N+](=O)[O-])sc3ncnc(c23)N1c1ccc(F)c(Cl)c1. The van der Waals surface area contributed by atoms with Crippen LogP contribution in [0.2, 0.25) is 15.1 Å². The second-order valence-corrected chi connectivity index (χ2v) is 31.9. The first kappa shape index (κ1) is 79.2. The number of carbonyl (C=O) groups excluding carboxylic acids is 6. The Balaban J connectivity index is 0.000000120. The average Bonchev–Trinajstić information content (AvgIpc) is 1.59. The molecule has 14 aromatic rings. The molecule has 5 aliphatic heterocycles. The summed E-state index contributed by atoms with van der Waals surface area (Å²) in [5.74, 6) is -0.594. The summed E-state index contributed by atoms with van der Waals surface area (Å²) in [5.41, 5.74) is 11.3. The number of nitrogen functional groups attached to an aromatic ring is 1. The molecule has 0 unspecified atom stereocenters. The van der Waals surface area contributed by atoms with E-state index in [2.05, 4.69) is 92.6 Å². The van der Waals surface area contributed by atoms with Gasteiger partial charge in [0.25, 0.3) is 5.91 Å². The van der Waals surface area contributed by atoms with E-state index in [1.54, 1.807) is 18.2 Å². The Bertz CT molecular complexity index is 6530. The molecular weight excluding hydrogens is 1750 g/mol. The molecule has 43 heteroatoms. The number of nitrogens with zero attached hydrogens (tertiary/aromatic N) is 14. The quantitative estimate of drug-likeness (QED) is 0.0302. The monoisotopic (exact) mass is 1790 g/mol. The highest BCUT2D eigenvalue weighted by molar-refractivity contribution is 9.10. The van der Waals surface area contributed by atoms with Crippen molar-refractivity contribution in [3.05, 3.63) is 209 Å². The van der Waals surface area contributed by atoms with E-state index in [0.717, 1.165) is 42.6 Å². The molecule has 0 atom stereocenters. The fourth-order valence-electron chi connectivity index (χ4n) is 13.3. The fourth-order valence-corrected chi connectivity index (χ4v) is 18.0. The number of aromatic nitrogens is 8. The van der Waals surface area contributed by atoms with Gasteiger partial charge in [0.05, 0.1) is 106 Å². The van der Waals surface area contributed by atoms with Crippen LogP contribution in [0.1, 0.15) is 40.1 Å². The number of likely N-dealkylation sites (tertiary alicyclic amines) is 1. The molecule has 13 heterocycles. The van der Waals surface area contributed by atoms with Gasteiger partial charge in [0, 0.05) is 12.2 Å². The van der Waals surface area contributed by atoms with Gasteiger partial charge in [0.15, 0.2) is 34.8 Å².